The van der Waals surface area contributed by atoms with Crippen molar-refractivity contribution in [3.63, 3.8) is 0 Å². The lowest BCUT2D eigenvalue weighted by molar-refractivity contribution is -0.121. The molecular formula is C27H20N6OS. The molecule has 0 fully saturated rings. The van der Waals surface area contributed by atoms with E-state index in [2.05, 4.69) is 32.7 Å². The quantitative estimate of drug-likeness (QED) is 0.365. The maximum Gasteiger partial charge on any atom is 0.261 e. The highest BCUT2D eigenvalue weighted by molar-refractivity contribution is 7.07. The Hall–Kier alpha value is -4.56. The van der Waals surface area contributed by atoms with Gasteiger partial charge in [0.15, 0.2) is 5.65 Å². The third kappa shape index (κ3) is 4.11. The van der Waals surface area contributed by atoms with Gasteiger partial charge in [0, 0.05) is 21.8 Å². The number of nitrogens with zero attached hydrogens (tertiary/aromatic N) is 5. The van der Waals surface area contributed by atoms with Crippen LogP contribution in [0.1, 0.15) is 0 Å². The molecule has 1 N–H and O–H groups in total. The Labute approximate surface area is 204 Å². The fourth-order valence-corrected chi connectivity index (χ4v) is 4.90. The summed E-state index contributed by atoms with van der Waals surface area (Å²) >= 11 is 1.47. The third-order valence-corrected chi connectivity index (χ3v) is 6.50. The molecule has 6 rings (SSSR count). The Bertz CT molecular complexity index is 1720. The molecule has 3 heterocycles. The second-order valence-electron chi connectivity index (χ2n) is 7.98. The number of benzene rings is 3. The summed E-state index contributed by atoms with van der Waals surface area (Å²) in [5.74, 6) is -0.278. The standard InChI is InChI=1S/C27H20N6OS/c34-25(17-32-26-21(16-28-32)15-20-11-7-8-14-23(20)29-26)30-31-27-33(22-12-5-2-6-13-22)24(18-35-27)19-9-3-1-4-10-19/h1-16,18H,17H2,(H,30,34)/b31-27+. The number of nitrogens with one attached hydrogen (secondary N) is 1. The number of hydrogen-bond donors (Lipinski definition) is 1. The molecule has 1 amide bonds. The van der Waals surface area contributed by atoms with Crippen LogP contribution in [-0.4, -0.2) is 25.2 Å². The number of aromatic nitrogens is 4. The highest BCUT2D eigenvalue weighted by atomic mass is 32.1. The number of hydrogen-bond acceptors (Lipinski definition) is 5. The highest BCUT2D eigenvalue weighted by Gasteiger charge is 2.12. The first-order valence-corrected chi connectivity index (χ1v) is 12.0. The zero-order valence-corrected chi connectivity index (χ0v) is 19.4. The van der Waals surface area contributed by atoms with Gasteiger partial charge in [-0.05, 0) is 29.8 Å². The van der Waals surface area contributed by atoms with E-state index in [-0.39, 0.29) is 12.5 Å². The normalized spacial score (nSPS) is 11.8. The Balaban J connectivity index is 1.31. The summed E-state index contributed by atoms with van der Waals surface area (Å²) in [6, 6.07) is 30.0. The van der Waals surface area contributed by atoms with Crippen molar-refractivity contribution in [2.75, 3.05) is 0 Å². The monoisotopic (exact) mass is 476 g/mol. The molecule has 0 saturated carbocycles. The van der Waals surface area contributed by atoms with Crippen LogP contribution in [0, 0.1) is 0 Å². The molecule has 0 aliphatic heterocycles. The first-order valence-electron chi connectivity index (χ1n) is 11.1. The van der Waals surface area contributed by atoms with E-state index in [0.717, 1.165) is 33.2 Å². The molecule has 0 radical (unpaired) electrons. The summed E-state index contributed by atoms with van der Waals surface area (Å²) in [7, 11) is 0. The predicted octanol–water partition coefficient (Wildman–Crippen LogP) is 4.74. The van der Waals surface area contributed by atoms with Gasteiger partial charge in [0.2, 0.25) is 4.80 Å². The van der Waals surface area contributed by atoms with Gasteiger partial charge in [0.05, 0.1) is 17.4 Å². The van der Waals surface area contributed by atoms with Crippen molar-refractivity contribution in [2.24, 2.45) is 5.10 Å². The Morgan fingerprint density at radius 2 is 1.66 bits per heavy atom. The van der Waals surface area contributed by atoms with Crippen molar-refractivity contribution < 1.29 is 4.79 Å². The second kappa shape index (κ2) is 9.00. The van der Waals surface area contributed by atoms with Crippen molar-refractivity contribution in [3.05, 3.63) is 107 Å². The van der Waals surface area contributed by atoms with Crippen LogP contribution in [0.25, 0.3) is 38.9 Å². The van der Waals surface area contributed by atoms with Crippen LogP contribution in [0.2, 0.25) is 0 Å². The number of para-hydroxylation sites is 2. The van der Waals surface area contributed by atoms with E-state index in [9.17, 15) is 4.79 Å². The molecule has 7 nitrogen and oxygen atoms in total. The van der Waals surface area contributed by atoms with E-state index < -0.39 is 0 Å². The molecule has 0 atom stereocenters. The number of thiazole rings is 1. The minimum atomic E-state index is -0.278. The van der Waals surface area contributed by atoms with Crippen molar-refractivity contribution in [2.45, 2.75) is 6.54 Å². The maximum atomic E-state index is 12.8. The largest absolute Gasteiger partial charge is 0.284 e. The zero-order chi connectivity index (χ0) is 23.6. The van der Waals surface area contributed by atoms with Crippen LogP contribution in [-0.2, 0) is 11.3 Å². The van der Waals surface area contributed by atoms with Gasteiger partial charge in [-0.2, -0.15) is 5.10 Å². The lowest BCUT2D eigenvalue weighted by Gasteiger charge is -2.09. The average molecular weight is 477 g/mol. The van der Waals surface area contributed by atoms with Gasteiger partial charge >= 0.3 is 0 Å². The van der Waals surface area contributed by atoms with Gasteiger partial charge in [-0.1, -0.05) is 66.7 Å². The topological polar surface area (TPSA) is 77.1 Å². The van der Waals surface area contributed by atoms with Crippen molar-refractivity contribution in [1.82, 2.24) is 24.8 Å². The molecule has 0 unspecified atom stereocenters. The van der Waals surface area contributed by atoms with E-state index in [0.29, 0.717) is 10.4 Å². The van der Waals surface area contributed by atoms with Gasteiger partial charge in [0.25, 0.3) is 5.91 Å². The SMILES string of the molecule is O=C(Cn1ncc2cc3ccccc3nc21)N/N=c1/scc(-c2ccccc2)n1-c1ccccc1. The average Bonchev–Trinajstić information content (AvgIpc) is 3.51. The number of carbonyl (C=O) groups is 1. The molecule has 0 spiro atoms. The van der Waals surface area contributed by atoms with Crippen LogP contribution in [0.5, 0.6) is 0 Å². The van der Waals surface area contributed by atoms with Gasteiger partial charge < -0.3 is 0 Å². The van der Waals surface area contributed by atoms with E-state index in [1.807, 2.05) is 88.8 Å². The molecule has 170 valence electrons. The highest BCUT2D eigenvalue weighted by Crippen LogP contribution is 2.23. The van der Waals surface area contributed by atoms with Gasteiger partial charge in [-0.25, -0.2) is 15.1 Å². The van der Waals surface area contributed by atoms with Crippen LogP contribution in [0.15, 0.2) is 108 Å². The minimum absolute atomic E-state index is 0.0145. The van der Waals surface area contributed by atoms with Crippen molar-refractivity contribution in [3.8, 4) is 16.9 Å². The fraction of sp³-hybridized carbons (Fsp3) is 0.0370. The fourth-order valence-electron chi connectivity index (χ4n) is 4.03. The van der Waals surface area contributed by atoms with Crippen LogP contribution in [0.4, 0.5) is 0 Å². The number of carbonyl (C=O) groups excluding carboxylic acids is 1. The summed E-state index contributed by atoms with van der Waals surface area (Å²) in [6.45, 7) is 0.0145. The molecule has 3 aromatic carbocycles. The van der Waals surface area contributed by atoms with E-state index >= 15 is 0 Å². The Morgan fingerprint density at radius 3 is 2.49 bits per heavy atom. The number of amides is 1. The summed E-state index contributed by atoms with van der Waals surface area (Å²) in [5, 5.41) is 12.8. The van der Waals surface area contributed by atoms with Crippen molar-refractivity contribution >= 4 is 39.2 Å². The number of pyridine rings is 1. The molecule has 0 saturated heterocycles. The minimum Gasteiger partial charge on any atom is -0.284 e. The Morgan fingerprint density at radius 1 is 0.914 bits per heavy atom. The molecule has 8 heteroatoms. The van der Waals surface area contributed by atoms with Crippen LogP contribution < -0.4 is 10.2 Å². The summed E-state index contributed by atoms with van der Waals surface area (Å²) in [5.41, 5.74) is 7.27. The third-order valence-electron chi connectivity index (χ3n) is 5.67. The molecular weight excluding hydrogens is 456 g/mol. The van der Waals surface area contributed by atoms with Gasteiger partial charge in [0.1, 0.15) is 6.54 Å². The predicted molar refractivity (Wildman–Crippen MR) is 138 cm³/mol. The molecule has 35 heavy (non-hydrogen) atoms. The first-order chi connectivity index (χ1) is 17.3. The zero-order valence-electron chi connectivity index (χ0n) is 18.6. The van der Waals surface area contributed by atoms with Crippen LogP contribution in [0.3, 0.4) is 0 Å². The summed E-state index contributed by atoms with van der Waals surface area (Å²) in [6.07, 6.45) is 1.73. The second-order valence-corrected chi connectivity index (χ2v) is 8.82. The molecule has 0 bridgehead atoms. The maximum absolute atomic E-state index is 12.8. The first kappa shape index (κ1) is 21.0. The van der Waals surface area contributed by atoms with Gasteiger partial charge in [-0.15, -0.1) is 16.4 Å². The summed E-state index contributed by atoms with van der Waals surface area (Å²) in [4.78, 5) is 18.2. The number of fused-ring (bicyclic) bond motifs is 2. The molecule has 0 aliphatic rings. The van der Waals surface area contributed by atoms with E-state index in [1.165, 1.54) is 11.3 Å². The molecule has 6 aromatic rings. The number of rotatable bonds is 5. The van der Waals surface area contributed by atoms with E-state index in [1.54, 1.807) is 10.9 Å². The van der Waals surface area contributed by atoms with Crippen LogP contribution >= 0.6 is 11.3 Å². The molecule has 0 aliphatic carbocycles. The van der Waals surface area contributed by atoms with E-state index in [4.69, 9.17) is 0 Å². The summed E-state index contributed by atoms with van der Waals surface area (Å²) < 4.78 is 3.64. The Kier molecular flexibility index (Phi) is 5.40. The lowest BCUT2D eigenvalue weighted by Crippen LogP contribution is -2.27. The lowest BCUT2D eigenvalue weighted by atomic mass is 10.1. The molecule has 3 aromatic heterocycles. The van der Waals surface area contributed by atoms with Crippen molar-refractivity contribution in [1.29, 1.82) is 0 Å². The van der Waals surface area contributed by atoms with Gasteiger partial charge in [-0.3, -0.25) is 9.36 Å². The smallest absolute Gasteiger partial charge is 0.261 e.